The van der Waals surface area contributed by atoms with Gasteiger partial charge in [0.2, 0.25) is 10.0 Å². The number of fused-ring (bicyclic) bond motifs is 1. The van der Waals surface area contributed by atoms with Crippen LogP contribution in [0, 0.1) is 13.8 Å². The van der Waals surface area contributed by atoms with Gasteiger partial charge < -0.3 is 9.51 Å². The topological polar surface area (TPSA) is 109 Å². The Labute approximate surface area is 138 Å². The zero-order valence-corrected chi connectivity index (χ0v) is 14.2. The number of aryl methyl sites for hydroxylation is 2. The lowest BCUT2D eigenvalue weighted by atomic mass is 10.2. The van der Waals surface area contributed by atoms with Gasteiger partial charge >= 0.3 is 0 Å². The molecule has 0 bridgehead atoms. The Morgan fingerprint density at radius 1 is 1.25 bits per heavy atom. The molecule has 0 spiro atoms. The van der Waals surface area contributed by atoms with Crippen LogP contribution in [0.4, 0.5) is 0 Å². The molecule has 3 rings (SSSR count). The largest absolute Gasteiger partial charge is 0.360 e. The van der Waals surface area contributed by atoms with Crippen LogP contribution >= 0.6 is 0 Å². The number of hydrogen-bond acceptors (Lipinski definition) is 6. The van der Waals surface area contributed by atoms with Crippen LogP contribution in [0.2, 0.25) is 0 Å². The predicted molar refractivity (Wildman–Crippen MR) is 87.0 cm³/mol. The number of benzene rings is 1. The van der Waals surface area contributed by atoms with Crippen molar-refractivity contribution in [3.8, 4) is 0 Å². The molecule has 0 fully saturated rings. The normalized spacial score (nSPS) is 12.2. The van der Waals surface area contributed by atoms with E-state index in [0.29, 0.717) is 16.6 Å². The Morgan fingerprint density at radius 2 is 1.96 bits per heavy atom. The minimum Gasteiger partial charge on any atom is -0.360 e. The van der Waals surface area contributed by atoms with Crippen molar-refractivity contribution >= 4 is 20.9 Å². The first-order valence-electron chi connectivity index (χ1n) is 7.18. The number of sulfonamides is 1. The number of hydrogen-bond donors (Lipinski definition) is 1. The van der Waals surface area contributed by atoms with Gasteiger partial charge in [-0.25, -0.2) is 13.4 Å². The quantitative estimate of drug-likeness (QED) is 0.762. The maximum Gasteiger partial charge on any atom is 0.258 e. The monoisotopic (exact) mass is 348 g/mol. The first-order valence-corrected chi connectivity index (χ1v) is 8.62. The van der Waals surface area contributed by atoms with E-state index >= 15 is 0 Å². The summed E-state index contributed by atoms with van der Waals surface area (Å²) < 4.78 is 31.4. The van der Waals surface area contributed by atoms with Gasteiger partial charge in [0.05, 0.1) is 17.4 Å². The van der Waals surface area contributed by atoms with Crippen molar-refractivity contribution in [1.82, 2.24) is 19.4 Å². The molecule has 0 unspecified atom stereocenters. The molecule has 0 atom stereocenters. The second kappa shape index (κ2) is 5.84. The predicted octanol–water partition coefficient (Wildman–Crippen LogP) is 1.35. The second-order valence-corrected chi connectivity index (χ2v) is 7.43. The Kier molecular flexibility index (Phi) is 3.98. The number of aromatic amines is 1. The van der Waals surface area contributed by atoms with Crippen molar-refractivity contribution in [2.45, 2.75) is 25.3 Å². The molecular weight excluding hydrogens is 332 g/mol. The first kappa shape index (κ1) is 16.3. The average molecular weight is 348 g/mol. The molecule has 0 saturated carbocycles. The molecule has 8 nitrogen and oxygen atoms in total. The van der Waals surface area contributed by atoms with Gasteiger partial charge in [0.15, 0.2) is 5.76 Å². The van der Waals surface area contributed by atoms with E-state index in [2.05, 4.69) is 15.1 Å². The van der Waals surface area contributed by atoms with E-state index in [0.717, 1.165) is 4.31 Å². The molecule has 2 heterocycles. The Hall–Kier alpha value is -2.52. The molecule has 0 aliphatic carbocycles. The lowest BCUT2D eigenvalue weighted by Gasteiger charge is -2.16. The van der Waals surface area contributed by atoms with Crippen molar-refractivity contribution in [2.24, 2.45) is 0 Å². The third-order valence-corrected chi connectivity index (χ3v) is 5.72. The fourth-order valence-corrected chi connectivity index (χ4v) is 3.92. The molecule has 0 amide bonds. The molecule has 3 aromatic rings. The average Bonchev–Trinajstić information content (AvgIpc) is 2.86. The summed E-state index contributed by atoms with van der Waals surface area (Å²) in [6.45, 7) is 3.02. The lowest BCUT2D eigenvalue weighted by Crippen LogP contribution is -2.29. The summed E-state index contributed by atoms with van der Waals surface area (Å²) in [5.74, 6) is 0.482. The molecule has 0 saturated heterocycles. The van der Waals surface area contributed by atoms with Gasteiger partial charge in [0, 0.05) is 7.05 Å². The molecule has 0 aliphatic heterocycles. The number of nitrogens with one attached hydrogen (secondary N) is 1. The van der Waals surface area contributed by atoms with E-state index in [1.165, 1.54) is 14.0 Å². The van der Waals surface area contributed by atoms with Crippen molar-refractivity contribution in [3.63, 3.8) is 0 Å². The van der Waals surface area contributed by atoms with Gasteiger partial charge in [-0.1, -0.05) is 17.3 Å². The summed E-state index contributed by atoms with van der Waals surface area (Å²) in [4.78, 5) is 19.0. The molecular formula is C15H16N4O4S. The minimum absolute atomic E-state index is 0.0353. The van der Waals surface area contributed by atoms with Crippen LogP contribution in [0.5, 0.6) is 0 Å². The summed E-state index contributed by atoms with van der Waals surface area (Å²) in [5, 5.41) is 4.13. The van der Waals surface area contributed by atoms with Gasteiger partial charge in [-0.15, -0.1) is 0 Å². The van der Waals surface area contributed by atoms with Crippen molar-refractivity contribution in [3.05, 3.63) is 51.9 Å². The smallest absolute Gasteiger partial charge is 0.258 e. The fraction of sp³-hybridized carbons (Fsp3) is 0.267. The van der Waals surface area contributed by atoms with Crippen molar-refractivity contribution in [1.29, 1.82) is 0 Å². The van der Waals surface area contributed by atoms with Crippen LogP contribution in [0.15, 0.2) is 38.5 Å². The number of nitrogens with zero attached hydrogens (tertiary/aromatic N) is 3. The summed E-state index contributed by atoms with van der Waals surface area (Å²) >= 11 is 0. The maximum atomic E-state index is 12.7. The van der Waals surface area contributed by atoms with Gasteiger partial charge in [-0.05, 0) is 26.0 Å². The number of H-pyrrole nitrogens is 1. The van der Waals surface area contributed by atoms with Crippen LogP contribution in [0.1, 0.15) is 17.3 Å². The summed E-state index contributed by atoms with van der Waals surface area (Å²) in [7, 11) is -2.39. The standard InChI is InChI=1S/C15H16N4O4S/c1-9-14(10(2)23-18-9)24(21,22)19(3)8-13-16-12-7-5-4-6-11(12)15(20)17-13/h4-7H,8H2,1-3H3,(H,16,17,20). The minimum atomic E-state index is -3.81. The molecule has 0 radical (unpaired) electrons. The summed E-state index contributed by atoms with van der Waals surface area (Å²) in [6, 6.07) is 6.88. The van der Waals surface area contributed by atoms with Gasteiger partial charge in [0.25, 0.3) is 5.56 Å². The van der Waals surface area contributed by atoms with E-state index in [1.54, 1.807) is 31.2 Å². The highest BCUT2D eigenvalue weighted by Gasteiger charge is 2.29. The van der Waals surface area contributed by atoms with Gasteiger partial charge in [-0.3, -0.25) is 4.79 Å². The SMILES string of the molecule is Cc1noc(C)c1S(=O)(=O)N(C)Cc1nc2ccccc2c(=O)[nH]1. The zero-order valence-electron chi connectivity index (χ0n) is 13.4. The van der Waals surface area contributed by atoms with E-state index < -0.39 is 10.0 Å². The van der Waals surface area contributed by atoms with Crippen LogP contribution in [0.3, 0.4) is 0 Å². The number of rotatable bonds is 4. The van der Waals surface area contributed by atoms with Crippen molar-refractivity contribution < 1.29 is 12.9 Å². The fourth-order valence-electron chi connectivity index (χ4n) is 2.50. The third kappa shape index (κ3) is 2.72. The summed E-state index contributed by atoms with van der Waals surface area (Å²) in [5.41, 5.74) is 0.498. The van der Waals surface area contributed by atoms with Crippen LogP contribution in [-0.4, -0.2) is 34.9 Å². The lowest BCUT2D eigenvalue weighted by molar-refractivity contribution is 0.389. The maximum absolute atomic E-state index is 12.7. The Bertz CT molecular complexity index is 1050. The van der Waals surface area contributed by atoms with Crippen LogP contribution < -0.4 is 5.56 Å². The molecule has 1 N–H and O–H groups in total. The summed E-state index contributed by atoms with van der Waals surface area (Å²) in [6.07, 6.45) is 0. The highest BCUT2D eigenvalue weighted by Crippen LogP contribution is 2.23. The first-order chi connectivity index (χ1) is 11.3. The van der Waals surface area contributed by atoms with E-state index in [1.807, 2.05) is 0 Å². The molecule has 1 aromatic carbocycles. The van der Waals surface area contributed by atoms with Crippen molar-refractivity contribution in [2.75, 3.05) is 7.05 Å². The molecule has 0 aliphatic rings. The zero-order chi connectivity index (χ0) is 17.5. The highest BCUT2D eigenvalue weighted by atomic mass is 32.2. The third-order valence-electron chi connectivity index (χ3n) is 3.67. The Balaban J connectivity index is 1.98. The second-order valence-electron chi connectivity index (χ2n) is 5.44. The van der Waals surface area contributed by atoms with Gasteiger partial charge in [0.1, 0.15) is 16.4 Å². The molecule has 126 valence electrons. The van der Waals surface area contributed by atoms with E-state index in [9.17, 15) is 13.2 Å². The number of aromatic nitrogens is 3. The van der Waals surface area contributed by atoms with E-state index in [-0.39, 0.29) is 28.6 Å². The van der Waals surface area contributed by atoms with Crippen LogP contribution in [-0.2, 0) is 16.6 Å². The Morgan fingerprint density at radius 3 is 2.62 bits per heavy atom. The highest BCUT2D eigenvalue weighted by molar-refractivity contribution is 7.89. The molecule has 24 heavy (non-hydrogen) atoms. The van der Waals surface area contributed by atoms with Gasteiger partial charge in [-0.2, -0.15) is 4.31 Å². The molecule has 9 heteroatoms. The van der Waals surface area contributed by atoms with Crippen LogP contribution in [0.25, 0.3) is 10.9 Å². The van der Waals surface area contributed by atoms with E-state index in [4.69, 9.17) is 4.52 Å². The number of para-hydroxylation sites is 1. The molecule has 2 aromatic heterocycles.